The largest absolute Gasteiger partial charge is 0.616 e. The Balaban J connectivity index is 1.98. The van der Waals surface area contributed by atoms with Gasteiger partial charge in [-0.3, -0.25) is 0 Å². The van der Waals surface area contributed by atoms with Gasteiger partial charge in [-0.1, -0.05) is 35.4 Å². The fourth-order valence-corrected chi connectivity index (χ4v) is 3.73. The van der Waals surface area contributed by atoms with Crippen molar-refractivity contribution in [2.75, 3.05) is 18.2 Å². The predicted molar refractivity (Wildman–Crippen MR) is 69.3 cm³/mol. The van der Waals surface area contributed by atoms with Crippen LogP contribution >= 0.6 is 0 Å². The summed E-state index contributed by atoms with van der Waals surface area (Å²) in [5, 5.41) is 0. The molecule has 94 valence electrons. The van der Waals surface area contributed by atoms with Crippen LogP contribution in [0.1, 0.15) is 23.5 Å². The SMILES string of the molecule is NC(CF)Cc1ccc(C2CC[S+]([O-])C2)cc1. The molecule has 1 fully saturated rings. The zero-order chi connectivity index (χ0) is 12.3. The van der Waals surface area contributed by atoms with Gasteiger partial charge in [-0.05, 0) is 17.5 Å². The van der Waals surface area contributed by atoms with E-state index in [4.69, 9.17) is 5.73 Å². The average Bonchev–Trinajstić information content (AvgIpc) is 2.77. The van der Waals surface area contributed by atoms with Crippen molar-refractivity contribution in [2.24, 2.45) is 5.73 Å². The van der Waals surface area contributed by atoms with Crippen molar-refractivity contribution >= 4 is 11.2 Å². The highest BCUT2D eigenvalue weighted by Crippen LogP contribution is 2.28. The molecule has 4 heteroatoms. The van der Waals surface area contributed by atoms with Gasteiger partial charge in [0.05, 0.1) is 0 Å². The second kappa shape index (κ2) is 5.85. The van der Waals surface area contributed by atoms with Gasteiger partial charge in [0.2, 0.25) is 0 Å². The average molecular weight is 255 g/mol. The Bertz CT molecular complexity index is 357. The van der Waals surface area contributed by atoms with E-state index < -0.39 is 23.9 Å². The summed E-state index contributed by atoms with van der Waals surface area (Å²) in [7, 11) is 0. The first-order valence-electron chi connectivity index (χ1n) is 5.94. The molecule has 0 saturated carbocycles. The minimum atomic E-state index is -0.639. The Morgan fingerprint density at radius 1 is 1.41 bits per heavy atom. The van der Waals surface area contributed by atoms with Crippen molar-refractivity contribution in [1.82, 2.24) is 0 Å². The first kappa shape index (κ1) is 12.9. The van der Waals surface area contributed by atoms with Gasteiger partial charge in [0, 0.05) is 18.4 Å². The Morgan fingerprint density at radius 3 is 2.65 bits per heavy atom. The first-order valence-corrected chi connectivity index (χ1v) is 7.43. The smallest absolute Gasteiger partial charge is 0.112 e. The highest BCUT2D eigenvalue weighted by atomic mass is 32.2. The Labute approximate surface area is 105 Å². The highest BCUT2D eigenvalue weighted by Gasteiger charge is 2.27. The molecule has 0 bridgehead atoms. The molecule has 3 unspecified atom stereocenters. The predicted octanol–water partition coefficient (Wildman–Crippen LogP) is 1.76. The molecule has 3 atom stereocenters. The van der Waals surface area contributed by atoms with Crippen molar-refractivity contribution in [3.8, 4) is 0 Å². The fourth-order valence-electron chi connectivity index (χ4n) is 2.21. The van der Waals surface area contributed by atoms with E-state index in [1.54, 1.807) is 0 Å². The zero-order valence-electron chi connectivity index (χ0n) is 9.77. The normalized spacial score (nSPS) is 26.1. The maximum Gasteiger partial charge on any atom is 0.112 e. The molecule has 1 aromatic carbocycles. The number of rotatable bonds is 4. The van der Waals surface area contributed by atoms with Gasteiger partial charge in [-0.25, -0.2) is 4.39 Å². The quantitative estimate of drug-likeness (QED) is 0.833. The number of alkyl halides is 1. The lowest BCUT2D eigenvalue weighted by Gasteiger charge is -2.10. The lowest BCUT2D eigenvalue weighted by atomic mass is 9.96. The van der Waals surface area contributed by atoms with Gasteiger partial charge in [0.25, 0.3) is 0 Å². The molecule has 1 saturated heterocycles. The second-order valence-corrected chi connectivity index (χ2v) is 6.28. The van der Waals surface area contributed by atoms with Crippen LogP contribution in [0.5, 0.6) is 0 Å². The molecular weight excluding hydrogens is 237 g/mol. The third-order valence-electron chi connectivity index (χ3n) is 3.23. The minimum Gasteiger partial charge on any atom is -0.616 e. The van der Waals surface area contributed by atoms with Crippen LogP contribution in [0, 0.1) is 0 Å². The summed E-state index contributed by atoms with van der Waals surface area (Å²) in [6, 6.07) is 7.74. The van der Waals surface area contributed by atoms with E-state index in [-0.39, 0.29) is 0 Å². The topological polar surface area (TPSA) is 49.1 Å². The summed E-state index contributed by atoms with van der Waals surface area (Å²) in [6.07, 6.45) is 1.59. The molecule has 0 radical (unpaired) electrons. The van der Waals surface area contributed by atoms with Gasteiger partial charge < -0.3 is 10.3 Å². The van der Waals surface area contributed by atoms with Crippen LogP contribution in [-0.4, -0.2) is 28.8 Å². The number of hydrogen-bond acceptors (Lipinski definition) is 2. The monoisotopic (exact) mass is 255 g/mol. The third kappa shape index (κ3) is 3.44. The molecule has 2 rings (SSSR count). The van der Waals surface area contributed by atoms with E-state index in [0.717, 1.165) is 23.5 Å². The summed E-state index contributed by atoms with van der Waals surface area (Å²) >= 11 is -0.639. The van der Waals surface area contributed by atoms with Crippen molar-refractivity contribution < 1.29 is 8.94 Å². The third-order valence-corrected chi connectivity index (χ3v) is 4.69. The molecule has 0 spiro atoms. The molecule has 1 aliphatic heterocycles. The summed E-state index contributed by atoms with van der Waals surface area (Å²) in [6.45, 7) is -0.483. The fraction of sp³-hybridized carbons (Fsp3) is 0.538. The Morgan fingerprint density at radius 2 is 2.12 bits per heavy atom. The lowest BCUT2D eigenvalue weighted by Crippen LogP contribution is -2.24. The van der Waals surface area contributed by atoms with E-state index in [2.05, 4.69) is 12.1 Å². The van der Waals surface area contributed by atoms with E-state index >= 15 is 0 Å². The van der Waals surface area contributed by atoms with Crippen molar-refractivity contribution in [3.63, 3.8) is 0 Å². The molecule has 1 heterocycles. The molecular formula is C13H18FNOS. The van der Waals surface area contributed by atoms with Gasteiger partial charge in [-0.2, -0.15) is 0 Å². The van der Waals surface area contributed by atoms with E-state index in [1.165, 1.54) is 5.56 Å². The Kier molecular flexibility index (Phi) is 4.42. The van der Waals surface area contributed by atoms with E-state index in [1.807, 2.05) is 12.1 Å². The van der Waals surface area contributed by atoms with Crippen molar-refractivity contribution in [3.05, 3.63) is 35.4 Å². The molecule has 17 heavy (non-hydrogen) atoms. The minimum absolute atomic E-state index is 0.403. The number of benzene rings is 1. The number of nitrogens with two attached hydrogens (primary N) is 1. The molecule has 0 amide bonds. The molecule has 0 aromatic heterocycles. The van der Waals surface area contributed by atoms with Crippen molar-refractivity contribution in [1.29, 1.82) is 0 Å². The lowest BCUT2D eigenvalue weighted by molar-refractivity contribution is 0.427. The number of halogens is 1. The number of hydrogen-bond donors (Lipinski definition) is 1. The van der Waals surface area contributed by atoms with E-state index in [0.29, 0.717) is 12.3 Å². The zero-order valence-corrected chi connectivity index (χ0v) is 10.6. The van der Waals surface area contributed by atoms with E-state index in [9.17, 15) is 8.94 Å². The molecule has 1 aliphatic rings. The molecule has 1 aromatic rings. The maximum atomic E-state index is 12.3. The first-order chi connectivity index (χ1) is 8.19. The van der Waals surface area contributed by atoms with Crippen LogP contribution in [0.25, 0.3) is 0 Å². The Hall–Kier alpha value is -0.580. The maximum absolute atomic E-state index is 12.3. The van der Waals surface area contributed by atoms with Gasteiger partial charge >= 0.3 is 0 Å². The molecule has 2 N–H and O–H groups in total. The summed E-state index contributed by atoms with van der Waals surface area (Å²) < 4.78 is 23.6. The standard InChI is InChI=1S/C13H18FNOS/c14-8-13(15)7-10-1-3-11(4-2-10)12-5-6-17(16)9-12/h1-4,12-13H,5-9,15H2. The summed E-state index contributed by atoms with van der Waals surface area (Å²) in [4.78, 5) is 0. The second-order valence-electron chi connectivity index (χ2n) is 4.66. The van der Waals surface area contributed by atoms with Crippen LogP contribution in [0.4, 0.5) is 4.39 Å². The molecule has 2 nitrogen and oxygen atoms in total. The van der Waals surface area contributed by atoms with Gasteiger partial charge in [-0.15, -0.1) is 0 Å². The summed E-state index contributed by atoms with van der Waals surface area (Å²) in [5.41, 5.74) is 7.88. The highest BCUT2D eigenvalue weighted by molar-refractivity contribution is 7.91. The van der Waals surface area contributed by atoms with Crippen LogP contribution in [0.3, 0.4) is 0 Å². The van der Waals surface area contributed by atoms with Crippen LogP contribution in [0.15, 0.2) is 24.3 Å². The van der Waals surface area contributed by atoms with Crippen LogP contribution in [0.2, 0.25) is 0 Å². The van der Waals surface area contributed by atoms with Gasteiger partial charge in [0.15, 0.2) is 0 Å². The molecule has 0 aliphatic carbocycles. The van der Waals surface area contributed by atoms with Crippen molar-refractivity contribution in [2.45, 2.75) is 24.8 Å². The van der Waals surface area contributed by atoms with Gasteiger partial charge in [0.1, 0.15) is 18.2 Å². The van der Waals surface area contributed by atoms with Crippen LogP contribution < -0.4 is 5.73 Å². The summed E-state index contributed by atoms with van der Waals surface area (Å²) in [5.74, 6) is 2.03. The van der Waals surface area contributed by atoms with Crippen LogP contribution in [-0.2, 0) is 17.6 Å².